The maximum atomic E-state index is 12.1. The van der Waals surface area contributed by atoms with Crippen LogP contribution in [0.1, 0.15) is 22.8 Å². The standard InChI is InChI=1S/C17H18N2O2/c1-12-7-6-10-15(11-12)19-16(20)13(2)18-17(21)14-8-4-3-5-9-14/h3-11,13H,1-2H3,(H,18,21)(H,19,20). The Morgan fingerprint density at radius 1 is 1.00 bits per heavy atom. The maximum Gasteiger partial charge on any atom is 0.251 e. The number of aryl methyl sites for hydroxylation is 1. The Morgan fingerprint density at radius 3 is 2.38 bits per heavy atom. The van der Waals surface area contributed by atoms with Gasteiger partial charge in [-0.25, -0.2) is 0 Å². The van der Waals surface area contributed by atoms with Crippen molar-refractivity contribution in [1.29, 1.82) is 0 Å². The van der Waals surface area contributed by atoms with Crippen LogP contribution in [0.15, 0.2) is 54.6 Å². The van der Waals surface area contributed by atoms with E-state index in [2.05, 4.69) is 10.6 Å². The Balaban J connectivity index is 1.95. The molecular formula is C17H18N2O2. The lowest BCUT2D eigenvalue weighted by Crippen LogP contribution is -2.41. The van der Waals surface area contributed by atoms with E-state index in [1.807, 2.05) is 37.3 Å². The van der Waals surface area contributed by atoms with E-state index in [1.54, 1.807) is 31.2 Å². The first kappa shape index (κ1) is 14.8. The van der Waals surface area contributed by atoms with Crippen molar-refractivity contribution in [2.24, 2.45) is 0 Å². The highest BCUT2D eigenvalue weighted by Gasteiger charge is 2.16. The fourth-order valence-electron chi connectivity index (χ4n) is 1.91. The Bertz CT molecular complexity index is 638. The molecule has 0 spiro atoms. The number of hydrogen-bond donors (Lipinski definition) is 2. The summed E-state index contributed by atoms with van der Waals surface area (Å²) in [5.41, 5.74) is 2.32. The Kier molecular flexibility index (Phi) is 4.72. The van der Waals surface area contributed by atoms with Gasteiger partial charge in [-0.3, -0.25) is 9.59 Å². The number of carbonyl (C=O) groups is 2. The van der Waals surface area contributed by atoms with Crippen molar-refractivity contribution in [2.45, 2.75) is 19.9 Å². The van der Waals surface area contributed by atoms with Crippen LogP contribution >= 0.6 is 0 Å². The molecule has 0 aliphatic rings. The molecule has 21 heavy (non-hydrogen) atoms. The van der Waals surface area contributed by atoms with Gasteiger partial charge in [-0.15, -0.1) is 0 Å². The van der Waals surface area contributed by atoms with Gasteiger partial charge in [0, 0.05) is 11.3 Å². The highest BCUT2D eigenvalue weighted by molar-refractivity contribution is 6.00. The molecule has 108 valence electrons. The molecule has 2 amide bonds. The Hall–Kier alpha value is -2.62. The van der Waals surface area contributed by atoms with E-state index in [4.69, 9.17) is 0 Å². The zero-order valence-corrected chi connectivity index (χ0v) is 12.1. The van der Waals surface area contributed by atoms with Crippen molar-refractivity contribution in [2.75, 3.05) is 5.32 Å². The number of anilines is 1. The van der Waals surface area contributed by atoms with Gasteiger partial charge in [-0.2, -0.15) is 0 Å². The summed E-state index contributed by atoms with van der Waals surface area (Å²) < 4.78 is 0. The molecular weight excluding hydrogens is 264 g/mol. The van der Waals surface area contributed by atoms with Crippen molar-refractivity contribution in [3.05, 3.63) is 65.7 Å². The summed E-state index contributed by atoms with van der Waals surface area (Å²) >= 11 is 0. The number of rotatable bonds is 4. The minimum absolute atomic E-state index is 0.245. The normalized spacial score (nSPS) is 11.5. The molecule has 0 bridgehead atoms. The second-order valence-corrected chi connectivity index (χ2v) is 4.92. The highest BCUT2D eigenvalue weighted by Crippen LogP contribution is 2.10. The molecule has 2 N–H and O–H groups in total. The van der Waals surface area contributed by atoms with Crippen molar-refractivity contribution in [3.8, 4) is 0 Å². The molecule has 4 heteroatoms. The third-order valence-electron chi connectivity index (χ3n) is 3.06. The summed E-state index contributed by atoms with van der Waals surface area (Å²) in [5, 5.41) is 5.47. The van der Waals surface area contributed by atoms with Crippen LogP contribution in [0.2, 0.25) is 0 Å². The topological polar surface area (TPSA) is 58.2 Å². The van der Waals surface area contributed by atoms with Crippen molar-refractivity contribution in [1.82, 2.24) is 5.32 Å². The fourth-order valence-corrected chi connectivity index (χ4v) is 1.91. The molecule has 2 aromatic rings. The smallest absolute Gasteiger partial charge is 0.251 e. The van der Waals surface area contributed by atoms with Gasteiger partial charge in [0.15, 0.2) is 0 Å². The Labute approximate surface area is 124 Å². The van der Waals surface area contributed by atoms with Gasteiger partial charge >= 0.3 is 0 Å². The molecule has 0 heterocycles. The molecule has 0 saturated heterocycles. The molecule has 0 radical (unpaired) electrons. The van der Waals surface area contributed by atoms with E-state index in [0.717, 1.165) is 11.3 Å². The molecule has 1 unspecified atom stereocenters. The van der Waals surface area contributed by atoms with E-state index < -0.39 is 6.04 Å². The van der Waals surface area contributed by atoms with Crippen LogP contribution in [0.3, 0.4) is 0 Å². The van der Waals surface area contributed by atoms with E-state index in [-0.39, 0.29) is 11.8 Å². The van der Waals surface area contributed by atoms with Crippen LogP contribution in [-0.4, -0.2) is 17.9 Å². The van der Waals surface area contributed by atoms with Crippen LogP contribution in [-0.2, 0) is 4.79 Å². The van der Waals surface area contributed by atoms with Gasteiger partial charge in [0.05, 0.1) is 0 Å². The number of carbonyl (C=O) groups excluding carboxylic acids is 2. The van der Waals surface area contributed by atoms with Crippen LogP contribution < -0.4 is 10.6 Å². The molecule has 0 aliphatic carbocycles. The van der Waals surface area contributed by atoms with Gasteiger partial charge in [-0.1, -0.05) is 30.3 Å². The summed E-state index contributed by atoms with van der Waals surface area (Å²) in [5.74, 6) is -0.507. The first-order valence-corrected chi connectivity index (χ1v) is 6.79. The van der Waals surface area contributed by atoms with Crippen molar-refractivity contribution in [3.63, 3.8) is 0 Å². The summed E-state index contributed by atoms with van der Waals surface area (Å²) in [7, 11) is 0. The zero-order valence-electron chi connectivity index (χ0n) is 12.1. The van der Waals surface area contributed by atoms with Gasteiger partial charge in [-0.05, 0) is 43.7 Å². The SMILES string of the molecule is Cc1cccc(NC(=O)C(C)NC(=O)c2ccccc2)c1. The minimum Gasteiger partial charge on any atom is -0.341 e. The third kappa shape index (κ3) is 4.18. The number of benzene rings is 2. The first-order valence-electron chi connectivity index (χ1n) is 6.79. The average Bonchev–Trinajstić information content (AvgIpc) is 2.48. The number of amides is 2. The molecule has 4 nitrogen and oxygen atoms in total. The maximum absolute atomic E-state index is 12.1. The molecule has 2 rings (SSSR count). The predicted octanol–water partition coefficient (Wildman–Crippen LogP) is 2.75. The minimum atomic E-state index is -0.613. The Morgan fingerprint density at radius 2 is 1.71 bits per heavy atom. The second-order valence-electron chi connectivity index (χ2n) is 4.92. The van der Waals surface area contributed by atoms with E-state index >= 15 is 0 Å². The number of nitrogens with one attached hydrogen (secondary N) is 2. The van der Waals surface area contributed by atoms with Crippen molar-refractivity contribution < 1.29 is 9.59 Å². The molecule has 0 fully saturated rings. The predicted molar refractivity (Wildman–Crippen MR) is 83.2 cm³/mol. The van der Waals surface area contributed by atoms with Crippen LogP contribution in [0, 0.1) is 6.92 Å². The molecule has 0 saturated carbocycles. The lowest BCUT2D eigenvalue weighted by molar-refractivity contribution is -0.117. The van der Waals surface area contributed by atoms with Crippen LogP contribution in [0.4, 0.5) is 5.69 Å². The van der Waals surface area contributed by atoms with Gasteiger partial charge in [0.1, 0.15) is 6.04 Å². The average molecular weight is 282 g/mol. The van der Waals surface area contributed by atoms with Gasteiger partial charge in [0.2, 0.25) is 5.91 Å². The van der Waals surface area contributed by atoms with E-state index in [1.165, 1.54) is 0 Å². The number of hydrogen-bond acceptors (Lipinski definition) is 2. The second kappa shape index (κ2) is 6.70. The summed E-state index contributed by atoms with van der Waals surface area (Å²) in [4.78, 5) is 24.0. The van der Waals surface area contributed by atoms with Crippen LogP contribution in [0.5, 0.6) is 0 Å². The summed E-state index contributed by atoms with van der Waals surface area (Å²) in [6, 6.07) is 15.7. The largest absolute Gasteiger partial charge is 0.341 e. The van der Waals surface area contributed by atoms with Gasteiger partial charge in [0.25, 0.3) is 5.91 Å². The highest BCUT2D eigenvalue weighted by atomic mass is 16.2. The lowest BCUT2D eigenvalue weighted by Gasteiger charge is -2.14. The van der Waals surface area contributed by atoms with Crippen LogP contribution in [0.25, 0.3) is 0 Å². The summed E-state index contributed by atoms with van der Waals surface area (Å²) in [6.45, 7) is 3.61. The van der Waals surface area contributed by atoms with Crippen molar-refractivity contribution >= 4 is 17.5 Å². The molecule has 1 atom stereocenters. The van der Waals surface area contributed by atoms with E-state index in [0.29, 0.717) is 5.56 Å². The fraction of sp³-hybridized carbons (Fsp3) is 0.176. The molecule has 0 aromatic heterocycles. The lowest BCUT2D eigenvalue weighted by atomic mass is 10.2. The summed E-state index contributed by atoms with van der Waals surface area (Å²) in [6.07, 6.45) is 0. The molecule has 0 aliphatic heterocycles. The quantitative estimate of drug-likeness (QED) is 0.906. The molecule has 2 aromatic carbocycles. The van der Waals surface area contributed by atoms with Gasteiger partial charge < -0.3 is 10.6 Å². The zero-order chi connectivity index (χ0) is 15.2. The monoisotopic (exact) mass is 282 g/mol. The van der Waals surface area contributed by atoms with E-state index in [9.17, 15) is 9.59 Å². The third-order valence-corrected chi connectivity index (χ3v) is 3.06. The first-order chi connectivity index (χ1) is 10.1.